The molecular weight excluding hydrogens is 444 g/mol. The first-order valence-electron chi connectivity index (χ1n) is 9.42. The maximum Gasteiger partial charge on any atom is 0.341 e. The fourth-order valence-corrected chi connectivity index (χ4v) is 5.78. The summed E-state index contributed by atoms with van der Waals surface area (Å²) in [6.07, 6.45) is 0.205. The molecule has 2 aliphatic heterocycles. The van der Waals surface area contributed by atoms with Gasteiger partial charge in [-0.25, -0.2) is 4.79 Å². The molecule has 2 atom stereocenters. The predicted molar refractivity (Wildman–Crippen MR) is 116 cm³/mol. The Hall–Kier alpha value is -2.11. The van der Waals surface area contributed by atoms with Crippen molar-refractivity contribution < 1.29 is 28.3 Å². The molecule has 0 spiro atoms. The first-order chi connectivity index (χ1) is 14.1. The van der Waals surface area contributed by atoms with E-state index in [4.69, 9.17) is 9.16 Å². The van der Waals surface area contributed by atoms with Gasteiger partial charge in [-0.15, -0.1) is 23.1 Å². The number of hydrogen-bond acceptors (Lipinski definition) is 8. The Morgan fingerprint density at radius 2 is 2.03 bits per heavy atom. The molecule has 1 aromatic rings. The van der Waals surface area contributed by atoms with Crippen LogP contribution in [-0.4, -0.2) is 60.7 Å². The van der Waals surface area contributed by atoms with Gasteiger partial charge in [0.25, 0.3) is 5.91 Å². The van der Waals surface area contributed by atoms with Crippen LogP contribution in [0.2, 0.25) is 19.6 Å². The van der Waals surface area contributed by atoms with Crippen LogP contribution < -0.4 is 5.32 Å². The van der Waals surface area contributed by atoms with Gasteiger partial charge in [-0.1, -0.05) is 6.07 Å². The molecular formula is C19H24N2O6S2Si. The Morgan fingerprint density at radius 3 is 2.63 bits per heavy atom. The third kappa shape index (κ3) is 5.13. The maximum absolute atomic E-state index is 12.9. The van der Waals surface area contributed by atoms with Crippen molar-refractivity contribution in [2.75, 3.05) is 12.4 Å². The van der Waals surface area contributed by atoms with Gasteiger partial charge in [-0.05, 0) is 31.1 Å². The van der Waals surface area contributed by atoms with Crippen LogP contribution >= 0.6 is 23.1 Å². The lowest BCUT2D eigenvalue weighted by molar-refractivity contribution is -0.150. The molecule has 8 nitrogen and oxygen atoms in total. The first kappa shape index (κ1) is 22.6. The monoisotopic (exact) mass is 468 g/mol. The molecule has 11 heteroatoms. The quantitative estimate of drug-likeness (QED) is 0.370. The number of rotatable bonds is 7. The van der Waals surface area contributed by atoms with E-state index in [0.29, 0.717) is 11.3 Å². The number of hydrogen-bond donors (Lipinski definition) is 1. The second-order valence-electron chi connectivity index (χ2n) is 7.95. The van der Waals surface area contributed by atoms with E-state index in [2.05, 4.69) is 5.32 Å². The van der Waals surface area contributed by atoms with E-state index in [1.165, 1.54) is 34.9 Å². The van der Waals surface area contributed by atoms with Crippen molar-refractivity contribution in [2.24, 2.45) is 0 Å². The Morgan fingerprint density at radius 1 is 1.30 bits per heavy atom. The van der Waals surface area contributed by atoms with Crippen LogP contribution in [-0.2, 0) is 34.8 Å². The lowest BCUT2D eigenvalue weighted by Crippen LogP contribution is -2.71. The van der Waals surface area contributed by atoms with Crippen LogP contribution in [0.15, 0.2) is 28.8 Å². The molecule has 3 rings (SSSR count). The molecule has 1 N–H and O–H groups in total. The summed E-state index contributed by atoms with van der Waals surface area (Å²) in [4.78, 5) is 51.6. The standard InChI is InChI=1S/C19H24N2O6S2Si/c1-11(22)26-9-12-10-29-18-15(20-14(23)8-13-6-5-7-28-13)17(24)21(18)16(12)19(25)27-30(2,3)4/h5-7,15,18H,8-10H2,1-4H3,(H,20,23)/t15-,18-/m1/s1. The van der Waals surface area contributed by atoms with Crippen LogP contribution in [0.4, 0.5) is 0 Å². The Bertz CT molecular complexity index is 893. The topological polar surface area (TPSA) is 102 Å². The second-order valence-corrected chi connectivity index (χ2v) is 14.5. The minimum Gasteiger partial charge on any atom is -0.515 e. The van der Waals surface area contributed by atoms with Crippen molar-refractivity contribution in [1.82, 2.24) is 10.2 Å². The normalized spacial score (nSPS) is 20.9. The van der Waals surface area contributed by atoms with E-state index in [-0.39, 0.29) is 30.5 Å². The summed E-state index contributed by atoms with van der Waals surface area (Å²) in [5.41, 5.74) is 0.669. The average molecular weight is 469 g/mol. The summed E-state index contributed by atoms with van der Waals surface area (Å²) >= 11 is 2.90. The highest BCUT2D eigenvalue weighted by Gasteiger charge is 2.54. The van der Waals surface area contributed by atoms with Crippen LogP contribution in [0.5, 0.6) is 0 Å². The minimum atomic E-state index is -2.21. The molecule has 3 heterocycles. The Kier molecular flexibility index (Phi) is 6.73. The smallest absolute Gasteiger partial charge is 0.341 e. The summed E-state index contributed by atoms with van der Waals surface area (Å²) in [7, 11) is -2.21. The molecule has 30 heavy (non-hydrogen) atoms. The van der Waals surface area contributed by atoms with Gasteiger partial charge >= 0.3 is 11.9 Å². The fraction of sp³-hybridized carbons (Fsp3) is 0.474. The number of fused-ring (bicyclic) bond motifs is 1. The van der Waals surface area contributed by atoms with Crippen LogP contribution in [0.3, 0.4) is 0 Å². The van der Waals surface area contributed by atoms with E-state index >= 15 is 0 Å². The van der Waals surface area contributed by atoms with Crippen LogP contribution in [0.1, 0.15) is 11.8 Å². The van der Waals surface area contributed by atoms with Gasteiger partial charge in [-0.3, -0.25) is 19.3 Å². The van der Waals surface area contributed by atoms with Crippen molar-refractivity contribution in [3.05, 3.63) is 33.7 Å². The zero-order valence-electron chi connectivity index (χ0n) is 17.2. The van der Waals surface area contributed by atoms with Gasteiger partial charge < -0.3 is 14.5 Å². The molecule has 1 saturated heterocycles. The number of ether oxygens (including phenoxy) is 1. The maximum atomic E-state index is 12.9. The largest absolute Gasteiger partial charge is 0.515 e. The minimum absolute atomic E-state index is 0.0790. The van der Waals surface area contributed by atoms with Gasteiger partial charge in [0.05, 0.1) is 6.42 Å². The summed E-state index contributed by atoms with van der Waals surface area (Å²) in [6.45, 7) is 6.82. The molecule has 0 bridgehead atoms. The Labute approximate surface area is 184 Å². The molecule has 0 aromatic carbocycles. The van der Waals surface area contributed by atoms with E-state index in [1.807, 2.05) is 37.2 Å². The highest BCUT2D eigenvalue weighted by Crippen LogP contribution is 2.41. The number of amides is 2. The molecule has 2 aliphatic rings. The van der Waals surface area contributed by atoms with E-state index in [0.717, 1.165) is 4.88 Å². The van der Waals surface area contributed by atoms with Gasteiger partial charge in [0.1, 0.15) is 23.7 Å². The van der Waals surface area contributed by atoms with Gasteiger partial charge in [0.15, 0.2) is 0 Å². The van der Waals surface area contributed by atoms with Crippen LogP contribution in [0.25, 0.3) is 0 Å². The van der Waals surface area contributed by atoms with Crippen molar-refractivity contribution in [3.8, 4) is 0 Å². The summed E-state index contributed by atoms with van der Waals surface area (Å²) in [6, 6.07) is 3.03. The highest BCUT2D eigenvalue weighted by molar-refractivity contribution is 8.00. The van der Waals surface area contributed by atoms with E-state index in [9.17, 15) is 19.2 Å². The number of thiophene rings is 1. The second kappa shape index (κ2) is 8.94. The van der Waals surface area contributed by atoms with E-state index in [1.54, 1.807) is 0 Å². The van der Waals surface area contributed by atoms with Crippen molar-refractivity contribution in [2.45, 2.75) is 44.4 Å². The number of carbonyl (C=O) groups is 4. The summed E-state index contributed by atoms with van der Waals surface area (Å²) in [5, 5.41) is 4.28. The lowest BCUT2D eigenvalue weighted by Gasteiger charge is -2.50. The van der Waals surface area contributed by atoms with Crippen molar-refractivity contribution in [3.63, 3.8) is 0 Å². The third-order valence-electron chi connectivity index (χ3n) is 4.32. The number of β-lactam (4-membered cyclic amide) rings is 1. The zero-order valence-corrected chi connectivity index (χ0v) is 19.9. The van der Waals surface area contributed by atoms with Crippen molar-refractivity contribution in [1.29, 1.82) is 0 Å². The van der Waals surface area contributed by atoms with Gasteiger partial charge in [-0.2, -0.15) is 0 Å². The molecule has 162 valence electrons. The SMILES string of the molecule is CC(=O)OCC1=C(C(=O)O[Si](C)(C)C)N2C(=O)[C@@H](NC(=O)Cc3cccs3)[C@H]2SC1. The molecule has 0 saturated carbocycles. The molecule has 0 unspecified atom stereocenters. The third-order valence-corrected chi connectivity index (χ3v) is 7.33. The fourth-order valence-electron chi connectivity index (χ4n) is 3.09. The zero-order chi connectivity index (χ0) is 22.1. The van der Waals surface area contributed by atoms with Crippen molar-refractivity contribution >= 4 is 55.2 Å². The number of esters is 1. The molecule has 1 fully saturated rings. The highest BCUT2D eigenvalue weighted by atomic mass is 32.2. The predicted octanol–water partition coefficient (Wildman–Crippen LogP) is 1.89. The first-order valence-corrected chi connectivity index (χ1v) is 14.8. The van der Waals surface area contributed by atoms with Gasteiger partial charge in [0.2, 0.25) is 14.2 Å². The summed E-state index contributed by atoms with van der Waals surface area (Å²) in [5.74, 6) is -1.26. The van der Waals surface area contributed by atoms with Crippen LogP contribution in [0, 0.1) is 0 Å². The number of nitrogens with one attached hydrogen (secondary N) is 1. The lowest BCUT2D eigenvalue weighted by atomic mass is 10.0. The summed E-state index contributed by atoms with van der Waals surface area (Å²) < 4.78 is 10.7. The number of thioether (sulfide) groups is 1. The number of nitrogens with zero attached hydrogens (tertiary/aromatic N) is 1. The average Bonchev–Trinajstić information content (AvgIpc) is 3.14. The Balaban J connectivity index is 1.76. The van der Waals surface area contributed by atoms with E-state index < -0.39 is 31.7 Å². The molecule has 2 amide bonds. The molecule has 0 aliphatic carbocycles. The number of carbonyl (C=O) groups excluding carboxylic acids is 4. The van der Waals surface area contributed by atoms with Gasteiger partial charge in [0, 0.05) is 23.1 Å². The molecule has 1 aromatic heterocycles. The molecule has 0 radical (unpaired) electrons.